The number of benzene rings is 2. The van der Waals surface area contributed by atoms with Crippen molar-refractivity contribution < 1.29 is 13.9 Å². The van der Waals surface area contributed by atoms with E-state index in [2.05, 4.69) is 35.1 Å². The molecule has 1 atom stereocenters. The molecule has 136 valence electrons. The molecule has 3 nitrogen and oxygen atoms in total. The third kappa shape index (κ3) is 5.33. The second-order valence-corrected chi connectivity index (χ2v) is 7.04. The Morgan fingerprint density at radius 3 is 2.68 bits per heavy atom. The second kappa shape index (κ2) is 9.41. The molecule has 0 aliphatic heterocycles. The van der Waals surface area contributed by atoms with E-state index in [1.807, 2.05) is 12.1 Å². The van der Waals surface area contributed by atoms with Gasteiger partial charge in [0.2, 0.25) is 0 Å². The maximum absolute atomic E-state index is 13.9. The van der Waals surface area contributed by atoms with Gasteiger partial charge in [0.1, 0.15) is 12.4 Å². The van der Waals surface area contributed by atoms with E-state index in [-0.39, 0.29) is 12.4 Å². The molecule has 2 rings (SSSR count). The molecule has 2 aromatic rings. The fourth-order valence-corrected chi connectivity index (χ4v) is 2.91. The van der Waals surface area contributed by atoms with Crippen molar-refractivity contribution in [1.29, 1.82) is 0 Å². The van der Waals surface area contributed by atoms with Crippen LogP contribution < -0.4 is 14.8 Å². The number of nitrogens with one attached hydrogen (secondary N) is 1. The van der Waals surface area contributed by atoms with Crippen molar-refractivity contribution in [3.05, 3.63) is 56.8 Å². The Balaban J connectivity index is 2.16. The fourth-order valence-electron chi connectivity index (χ4n) is 2.23. The molecule has 0 aliphatic rings. The Morgan fingerprint density at radius 2 is 2.04 bits per heavy atom. The first-order valence-corrected chi connectivity index (χ1v) is 9.28. The summed E-state index contributed by atoms with van der Waals surface area (Å²) in [5, 5.41) is 3.78. The zero-order valence-electron chi connectivity index (χ0n) is 14.5. The molecule has 0 saturated heterocycles. The topological polar surface area (TPSA) is 30.5 Å². The molecule has 25 heavy (non-hydrogen) atoms. The third-order valence-electron chi connectivity index (χ3n) is 4.02. The van der Waals surface area contributed by atoms with Crippen LogP contribution in [0.1, 0.15) is 31.4 Å². The lowest BCUT2D eigenvalue weighted by molar-refractivity contribution is 0.279. The number of halogens is 3. The summed E-state index contributed by atoms with van der Waals surface area (Å²) >= 11 is 9.60. The molecular weight excluding hydrogens is 409 g/mol. The van der Waals surface area contributed by atoms with E-state index < -0.39 is 0 Å². The molecule has 2 aromatic carbocycles. The van der Waals surface area contributed by atoms with Crippen molar-refractivity contribution in [3.63, 3.8) is 0 Å². The van der Waals surface area contributed by atoms with Crippen LogP contribution in [0.4, 0.5) is 4.39 Å². The van der Waals surface area contributed by atoms with E-state index in [0.717, 1.165) is 16.5 Å². The summed E-state index contributed by atoms with van der Waals surface area (Å²) in [6.45, 7) is 5.02. The average Bonchev–Trinajstić information content (AvgIpc) is 2.60. The van der Waals surface area contributed by atoms with Crippen LogP contribution in [-0.4, -0.2) is 13.2 Å². The zero-order valence-corrected chi connectivity index (χ0v) is 16.9. The highest BCUT2D eigenvalue weighted by atomic mass is 79.9. The summed E-state index contributed by atoms with van der Waals surface area (Å²) in [4.78, 5) is 0. The smallest absolute Gasteiger partial charge is 0.162 e. The summed E-state index contributed by atoms with van der Waals surface area (Å²) in [6.07, 6.45) is 1.05. The minimum atomic E-state index is -0.389. The Hall–Kier alpha value is -1.30. The van der Waals surface area contributed by atoms with Gasteiger partial charge in [-0.15, -0.1) is 0 Å². The van der Waals surface area contributed by atoms with Gasteiger partial charge < -0.3 is 14.8 Å². The number of ether oxygens (including phenoxy) is 2. The Kier molecular flexibility index (Phi) is 7.54. The van der Waals surface area contributed by atoms with Crippen LogP contribution in [0.5, 0.6) is 11.5 Å². The van der Waals surface area contributed by atoms with Crippen molar-refractivity contribution >= 4 is 27.5 Å². The largest absolute Gasteiger partial charge is 0.493 e. The Morgan fingerprint density at radius 1 is 1.28 bits per heavy atom. The minimum Gasteiger partial charge on any atom is -0.493 e. The highest BCUT2D eigenvalue weighted by Gasteiger charge is 2.13. The van der Waals surface area contributed by atoms with Gasteiger partial charge in [-0.25, -0.2) is 4.39 Å². The molecule has 0 bridgehead atoms. The second-order valence-electron chi connectivity index (χ2n) is 5.77. The van der Waals surface area contributed by atoms with Gasteiger partial charge in [-0.3, -0.25) is 0 Å². The van der Waals surface area contributed by atoms with Gasteiger partial charge in [-0.2, -0.15) is 0 Å². The van der Waals surface area contributed by atoms with Gasteiger partial charge in [-0.1, -0.05) is 40.5 Å². The van der Waals surface area contributed by atoms with Crippen molar-refractivity contribution in [1.82, 2.24) is 5.32 Å². The fraction of sp³-hybridized carbons (Fsp3) is 0.368. The predicted octanol–water partition coefficient (Wildman–Crippen LogP) is 5.72. The van der Waals surface area contributed by atoms with Crippen LogP contribution in [-0.2, 0) is 13.2 Å². The summed E-state index contributed by atoms with van der Waals surface area (Å²) in [5.74, 6) is 0.734. The lowest BCUT2D eigenvalue weighted by Crippen LogP contribution is -2.24. The van der Waals surface area contributed by atoms with Gasteiger partial charge in [0.05, 0.1) is 12.1 Å². The van der Waals surface area contributed by atoms with Crippen molar-refractivity contribution in [2.45, 2.75) is 39.5 Å². The molecule has 6 heteroatoms. The molecule has 0 amide bonds. The molecule has 0 aliphatic carbocycles. The van der Waals surface area contributed by atoms with Crippen molar-refractivity contribution in [2.24, 2.45) is 0 Å². The van der Waals surface area contributed by atoms with E-state index in [4.69, 9.17) is 21.1 Å². The highest BCUT2D eigenvalue weighted by Crippen LogP contribution is 2.34. The molecule has 1 unspecified atom stereocenters. The summed E-state index contributed by atoms with van der Waals surface area (Å²) < 4.78 is 26.0. The third-order valence-corrected chi connectivity index (χ3v) is 5.11. The quantitative estimate of drug-likeness (QED) is 0.581. The molecule has 0 spiro atoms. The summed E-state index contributed by atoms with van der Waals surface area (Å²) in [5.41, 5.74) is 1.39. The first kappa shape index (κ1) is 20.0. The van der Waals surface area contributed by atoms with Gasteiger partial charge in [0.15, 0.2) is 11.5 Å². The van der Waals surface area contributed by atoms with E-state index in [1.54, 1.807) is 19.2 Å². The van der Waals surface area contributed by atoms with E-state index >= 15 is 0 Å². The molecule has 0 fully saturated rings. The Labute approximate surface area is 161 Å². The van der Waals surface area contributed by atoms with Crippen LogP contribution in [0.25, 0.3) is 0 Å². The van der Waals surface area contributed by atoms with Crippen LogP contribution in [0.2, 0.25) is 5.02 Å². The van der Waals surface area contributed by atoms with Gasteiger partial charge >= 0.3 is 0 Å². The molecule has 0 radical (unpaired) electrons. The highest BCUT2D eigenvalue weighted by molar-refractivity contribution is 9.10. The summed E-state index contributed by atoms with van der Waals surface area (Å²) in [7, 11) is 1.58. The lowest BCUT2D eigenvalue weighted by Gasteiger charge is -2.16. The standard InChI is InChI=1S/C19H22BrClFNO2/c1-4-12(2)23-10-13-8-18(24-3)19(9-15(13)20)25-11-14-16(21)6-5-7-17(14)22/h5-9,12,23H,4,10-11H2,1-3H3. The van der Waals surface area contributed by atoms with Crippen molar-refractivity contribution in [2.75, 3.05) is 7.11 Å². The van der Waals surface area contributed by atoms with Gasteiger partial charge in [-0.05, 0) is 43.2 Å². The first-order valence-electron chi connectivity index (χ1n) is 8.11. The SMILES string of the molecule is CCC(C)NCc1cc(OC)c(OCc2c(F)cccc2Cl)cc1Br. The molecule has 1 N–H and O–H groups in total. The Bertz CT molecular complexity index is 707. The van der Waals surface area contributed by atoms with E-state index in [9.17, 15) is 4.39 Å². The van der Waals surface area contributed by atoms with Crippen LogP contribution in [0.3, 0.4) is 0 Å². The maximum atomic E-state index is 13.9. The normalized spacial score (nSPS) is 12.1. The molecule has 0 aromatic heterocycles. The molecule has 0 heterocycles. The maximum Gasteiger partial charge on any atom is 0.162 e. The lowest BCUT2D eigenvalue weighted by atomic mass is 10.1. The molecule has 0 saturated carbocycles. The minimum absolute atomic E-state index is 0.0266. The van der Waals surface area contributed by atoms with Crippen molar-refractivity contribution in [3.8, 4) is 11.5 Å². The van der Waals surface area contributed by atoms with Gasteiger partial charge in [0.25, 0.3) is 0 Å². The van der Waals surface area contributed by atoms with Crippen LogP contribution >= 0.6 is 27.5 Å². The number of methoxy groups -OCH3 is 1. The molecular formula is C19H22BrClFNO2. The predicted molar refractivity (Wildman–Crippen MR) is 103 cm³/mol. The number of rotatable bonds is 8. The van der Waals surface area contributed by atoms with E-state index in [0.29, 0.717) is 34.7 Å². The van der Waals surface area contributed by atoms with Crippen LogP contribution in [0.15, 0.2) is 34.8 Å². The number of hydrogen-bond donors (Lipinski definition) is 1. The summed E-state index contributed by atoms with van der Waals surface area (Å²) in [6, 6.07) is 8.75. The first-order chi connectivity index (χ1) is 12.0. The number of hydrogen-bond acceptors (Lipinski definition) is 3. The zero-order chi connectivity index (χ0) is 18.4. The monoisotopic (exact) mass is 429 g/mol. The van der Waals surface area contributed by atoms with Gasteiger partial charge in [0, 0.05) is 22.6 Å². The van der Waals surface area contributed by atoms with E-state index in [1.165, 1.54) is 6.07 Å². The van der Waals surface area contributed by atoms with Crippen LogP contribution in [0, 0.1) is 5.82 Å². The average molecular weight is 431 g/mol.